The van der Waals surface area contributed by atoms with Gasteiger partial charge in [-0.3, -0.25) is 0 Å². The van der Waals surface area contributed by atoms with Crippen LogP contribution in [0.5, 0.6) is 5.88 Å². The zero-order chi connectivity index (χ0) is 13.7. The number of hydrogen-bond donors (Lipinski definition) is 1. The van der Waals surface area contributed by atoms with Crippen LogP contribution in [0, 0.1) is 0 Å². The zero-order valence-electron chi connectivity index (χ0n) is 11.6. The lowest BCUT2D eigenvalue weighted by Gasteiger charge is -2.13. The Morgan fingerprint density at radius 3 is 2.74 bits per heavy atom. The lowest BCUT2D eigenvalue weighted by atomic mass is 10.3. The summed E-state index contributed by atoms with van der Waals surface area (Å²) in [7, 11) is 0. The first-order chi connectivity index (χ1) is 9.19. The van der Waals surface area contributed by atoms with Crippen molar-refractivity contribution in [3.05, 3.63) is 40.2 Å². The number of nitrogens with one attached hydrogen (secondary N) is 1. The van der Waals surface area contributed by atoms with E-state index in [2.05, 4.69) is 29.4 Å². The van der Waals surface area contributed by atoms with Crippen molar-refractivity contribution in [2.75, 3.05) is 5.32 Å². The lowest BCUT2D eigenvalue weighted by Crippen LogP contribution is -2.09. The molecule has 0 bridgehead atoms. The van der Waals surface area contributed by atoms with E-state index in [9.17, 15) is 0 Å². The maximum Gasteiger partial charge on any atom is 0.237 e. The normalized spacial score (nSPS) is 10.7. The fraction of sp³-hybridized carbons (Fsp3) is 0.400. The summed E-state index contributed by atoms with van der Waals surface area (Å²) in [6.07, 6.45) is 2.98. The molecule has 0 fully saturated rings. The van der Waals surface area contributed by atoms with Crippen molar-refractivity contribution in [2.45, 2.75) is 39.8 Å². The van der Waals surface area contributed by atoms with Gasteiger partial charge in [0.25, 0.3) is 0 Å². The zero-order valence-corrected chi connectivity index (χ0v) is 12.5. The summed E-state index contributed by atoms with van der Waals surface area (Å²) >= 11 is 1.85. The summed E-state index contributed by atoms with van der Waals surface area (Å²) in [6, 6.07) is 8.28. The number of hydrogen-bond acceptors (Lipinski definition) is 4. The van der Waals surface area contributed by atoms with Gasteiger partial charge in [0.15, 0.2) is 0 Å². The van der Waals surface area contributed by atoms with Crippen LogP contribution in [0.1, 0.15) is 30.5 Å². The molecule has 0 unspecified atom stereocenters. The van der Waals surface area contributed by atoms with Gasteiger partial charge in [0.05, 0.1) is 11.8 Å². The Morgan fingerprint density at radius 2 is 2.05 bits per heavy atom. The van der Waals surface area contributed by atoms with Gasteiger partial charge in [-0.2, -0.15) is 0 Å². The van der Waals surface area contributed by atoms with Crippen molar-refractivity contribution in [1.82, 2.24) is 4.98 Å². The third-order valence-electron chi connectivity index (χ3n) is 2.64. The summed E-state index contributed by atoms with van der Waals surface area (Å²) in [5, 5.41) is 3.40. The van der Waals surface area contributed by atoms with E-state index in [-0.39, 0.29) is 6.10 Å². The van der Waals surface area contributed by atoms with Crippen LogP contribution in [-0.2, 0) is 13.0 Å². The molecule has 0 saturated carbocycles. The van der Waals surface area contributed by atoms with Crippen LogP contribution in [0.2, 0.25) is 0 Å². The molecule has 0 aliphatic heterocycles. The quantitative estimate of drug-likeness (QED) is 0.862. The van der Waals surface area contributed by atoms with E-state index in [4.69, 9.17) is 4.74 Å². The molecule has 2 rings (SSSR count). The van der Waals surface area contributed by atoms with Crippen LogP contribution >= 0.6 is 11.3 Å². The molecule has 2 heterocycles. The van der Waals surface area contributed by atoms with Crippen LogP contribution in [0.4, 0.5) is 5.69 Å². The lowest BCUT2D eigenvalue weighted by molar-refractivity contribution is 0.234. The molecule has 2 aromatic rings. The number of pyridine rings is 1. The van der Waals surface area contributed by atoms with Gasteiger partial charge < -0.3 is 10.1 Å². The van der Waals surface area contributed by atoms with Gasteiger partial charge in [-0.25, -0.2) is 4.98 Å². The van der Waals surface area contributed by atoms with Crippen molar-refractivity contribution in [3.8, 4) is 5.88 Å². The molecule has 0 atom stereocenters. The minimum Gasteiger partial charge on any atom is -0.473 e. The molecule has 0 aliphatic rings. The van der Waals surface area contributed by atoms with E-state index in [1.54, 1.807) is 6.20 Å². The standard InChI is InChI=1S/C15H20N2OS/c1-4-12-7-8-13(19-12)10-17-14-6-5-9-16-15(14)18-11(2)3/h5-9,11,17H,4,10H2,1-3H3. The number of ether oxygens (including phenoxy) is 1. The van der Waals surface area contributed by atoms with Crippen molar-refractivity contribution in [2.24, 2.45) is 0 Å². The number of anilines is 1. The monoisotopic (exact) mass is 276 g/mol. The molecule has 0 aliphatic carbocycles. The van der Waals surface area contributed by atoms with Crippen molar-refractivity contribution >= 4 is 17.0 Å². The summed E-state index contributed by atoms with van der Waals surface area (Å²) in [6.45, 7) is 7.00. The Balaban J connectivity index is 2.02. The van der Waals surface area contributed by atoms with Crippen LogP contribution in [-0.4, -0.2) is 11.1 Å². The van der Waals surface area contributed by atoms with E-state index >= 15 is 0 Å². The first kappa shape index (κ1) is 13.9. The molecule has 4 heteroatoms. The smallest absolute Gasteiger partial charge is 0.237 e. The summed E-state index contributed by atoms with van der Waals surface area (Å²) in [5.41, 5.74) is 0.947. The van der Waals surface area contributed by atoms with Crippen molar-refractivity contribution in [3.63, 3.8) is 0 Å². The maximum absolute atomic E-state index is 5.69. The van der Waals surface area contributed by atoms with Gasteiger partial charge in [0.1, 0.15) is 0 Å². The Morgan fingerprint density at radius 1 is 1.26 bits per heavy atom. The van der Waals surface area contributed by atoms with Gasteiger partial charge in [-0.05, 0) is 44.5 Å². The fourth-order valence-electron chi connectivity index (χ4n) is 1.73. The van der Waals surface area contributed by atoms with E-state index in [1.165, 1.54) is 9.75 Å². The van der Waals surface area contributed by atoms with Crippen LogP contribution in [0.3, 0.4) is 0 Å². The minimum absolute atomic E-state index is 0.129. The minimum atomic E-state index is 0.129. The maximum atomic E-state index is 5.69. The second kappa shape index (κ2) is 6.57. The van der Waals surface area contributed by atoms with Crippen LogP contribution in [0.25, 0.3) is 0 Å². The topological polar surface area (TPSA) is 34.2 Å². The Bertz CT molecular complexity index is 522. The molecule has 0 radical (unpaired) electrons. The SMILES string of the molecule is CCc1ccc(CNc2cccnc2OC(C)C)s1. The first-order valence-electron chi connectivity index (χ1n) is 6.62. The average molecular weight is 276 g/mol. The molecule has 3 nitrogen and oxygen atoms in total. The third-order valence-corrected chi connectivity index (χ3v) is 3.87. The Labute approximate surface area is 118 Å². The average Bonchev–Trinajstić information content (AvgIpc) is 2.85. The Kier molecular flexibility index (Phi) is 4.80. The fourth-order valence-corrected chi connectivity index (χ4v) is 2.63. The number of aryl methyl sites for hydroxylation is 1. The molecular formula is C15H20N2OS. The molecule has 19 heavy (non-hydrogen) atoms. The number of rotatable bonds is 6. The van der Waals surface area contributed by atoms with Gasteiger partial charge in [0.2, 0.25) is 5.88 Å². The molecule has 0 amide bonds. The molecular weight excluding hydrogens is 256 g/mol. The van der Waals surface area contributed by atoms with Gasteiger partial charge >= 0.3 is 0 Å². The van der Waals surface area contributed by atoms with E-state index in [0.29, 0.717) is 5.88 Å². The molecule has 0 spiro atoms. The first-order valence-corrected chi connectivity index (χ1v) is 7.43. The summed E-state index contributed by atoms with van der Waals surface area (Å²) in [4.78, 5) is 7.02. The summed E-state index contributed by atoms with van der Waals surface area (Å²) in [5.74, 6) is 0.671. The number of nitrogens with zero attached hydrogens (tertiary/aromatic N) is 1. The Hall–Kier alpha value is -1.55. The highest BCUT2D eigenvalue weighted by atomic mass is 32.1. The van der Waals surface area contributed by atoms with Gasteiger partial charge in [-0.1, -0.05) is 6.92 Å². The van der Waals surface area contributed by atoms with Gasteiger partial charge in [0, 0.05) is 22.5 Å². The highest BCUT2D eigenvalue weighted by Gasteiger charge is 2.07. The largest absolute Gasteiger partial charge is 0.473 e. The molecule has 1 N–H and O–H groups in total. The van der Waals surface area contributed by atoms with Crippen LogP contribution in [0.15, 0.2) is 30.5 Å². The predicted molar refractivity (Wildman–Crippen MR) is 81.0 cm³/mol. The predicted octanol–water partition coefficient (Wildman–Crippen LogP) is 4.10. The molecule has 102 valence electrons. The van der Waals surface area contributed by atoms with Crippen molar-refractivity contribution < 1.29 is 4.74 Å². The second-order valence-electron chi connectivity index (χ2n) is 4.60. The molecule has 0 saturated heterocycles. The highest BCUT2D eigenvalue weighted by Crippen LogP contribution is 2.24. The van der Waals surface area contributed by atoms with Gasteiger partial charge in [-0.15, -0.1) is 11.3 Å². The molecule has 2 aromatic heterocycles. The summed E-state index contributed by atoms with van der Waals surface area (Å²) < 4.78 is 5.69. The van der Waals surface area contributed by atoms with E-state index < -0.39 is 0 Å². The second-order valence-corrected chi connectivity index (χ2v) is 5.85. The van der Waals surface area contributed by atoms with Crippen LogP contribution < -0.4 is 10.1 Å². The number of aromatic nitrogens is 1. The van der Waals surface area contributed by atoms with Crippen molar-refractivity contribution in [1.29, 1.82) is 0 Å². The molecule has 0 aromatic carbocycles. The van der Waals surface area contributed by atoms with E-state index in [1.807, 2.05) is 37.3 Å². The highest BCUT2D eigenvalue weighted by molar-refractivity contribution is 7.12. The van der Waals surface area contributed by atoms with E-state index in [0.717, 1.165) is 18.7 Å². The third kappa shape index (κ3) is 3.96. The number of thiophene rings is 1.